The molecule has 0 saturated heterocycles. The van der Waals surface area contributed by atoms with Crippen LogP contribution in [0.2, 0.25) is 0 Å². The minimum atomic E-state index is -1.30. The van der Waals surface area contributed by atoms with Crippen LogP contribution in [0.25, 0.3) is 0 Å². The van der Waals surface area contributed by atoms with Crippen LogP contribution in [-0.2, 0) is 32.3 Å². The molecule has 0 unspecified atom stereocenters. The Balaban J connectivity index is 1.94. The predicted octanol–water partition coefficient (Wildman–Crippen LogP) is 2.55. The van der Waals surface area contributed by atoms with Crippen molar-refractivity contribution in [3.8, 4) is 0 Å². The van der Waals surface area contributed by atoms with Gasteiger partial charge in [-0.05, 0) is 24.0 Å². The Labute approximate surface area is 187 Å². The van der Waals surface area contributed by atoms with E-state index < -0.39 is 36.2 Å². The van der Waals surface area contributed by atoms with E-state index >= 15 is 0 Å². The number of ether oxygens (including phenoxy) is 2. The highest BCUT2D eigenvalue weighted by Crippen LogP contribution is 2.09. The van der Waals surface area contributed by atoms with Crippen LogP contribution in [0.1, 0.15) is 31.9 Å². The molecule has 0 radical (unpaired) electrons. The van der Waals surface area contributed by atoms with Crippen LogP contribution in [0.4, 0.5) is 4.79 Å². The predicted molar refractivity (Wildman–Crippen MR) is 118 cm³/mol. The third kappa shape index (κ3) is 8.03. The zero-order valence-corrected chi connectivity index (χ0v) is 18.5. The van der Waals surface area contributed by atoms with Crippen molar-refractivity contribution in [2.45, 2.75) is 52.2 Å². The van der Waals surface area contributed by atoms with Gasteiger partial charge in [0, 0.05) is 0 Å². The number of hydrogen-bond donors (Lipinski definition) is 3. The van der Waals surface area contributed by atoms with Crippen molar-refractivity contribution in [2.75, 3.05) is 0 Å². The standard InChI is InChI=1S/C24H30N2O6/c1-16(2)20(23(29)31-14-18-10-6-4-7-11-18)25-22(28)21(17(3)27)26-24(30)32-15-19-12-8-5-9-13-19/h4-13,16-17,20-21,27H,14-15H2,1-3H3,(H,25,28)(H,26,30)/t17-,20-,21-/m1/s1. The lowest BCUT2D eigenvalue weighted by atomic mass is 10.0. The fourth-order valence-electron chi connectivity index (χ4n) is 2.86. The molecule has 2 amide bonds. The van der Waals surface area contributed by atoms with Gasteiger partial charge in [0.05, 0.1) is 6.10 Å². The summed E-state index contributed by atoms with van der Waals surface area (Å²) in [5.74, 6) is -1.60. The smallest absolute Gasteiger partial charge is 0.408 e. The van der Waals surface area contributed by atoms with E-state index in [1.165, 1.54) is 6.92 Å². The summed E-state index contributed by atoms with van der Waals surface area (Å²) in [6.45, 7) is 4.96. The number of amides is 2. The van der Waals surface area contributed by atoms with Crippen LogP contribution < -0.4 is 10.6 Å². The Hall–Kier alpha value is -3.39. The van der Waals surface area contributed by atoms with Gasteiger partial charge in [0.25, 0.3) is 0 Å². The van der Waals surface area contributed by atoms with Gasteiger partial charge in [-0.2, -0.15) is 0 Å². The van der Waals surface area contributed by atoms with E-state index in [1.807, 2.05) is 48.5 Å². The SMILES string of the molecule is CC(C)[C@@H](NC(=O)[C@H](NC(=O)OCc1ccccc1)[C@@H](C)O)C(=O)OCc1ccccc1. The van der Waals surface area contributed by atoms with Crippen molar-refractivity contribution in [2.24, 2.45) is 5.92 Å². The topological polar surface area (TPSA) is 114 Å². The Kier molecular flexibility index (Phi) is 9.69. The van der Waals surface area contributed by atoms with Crippen molar-refractivity contribution in [3.05, 3.63) is 71.8 Å². The molecule has 0 aliphatic heterocycles. The number of benzene rings is 2. The summed E-state index contributed by atoms with van der Waals surface area (Å²) in [6.07, 6.45) is -2.07. The van der Waals surface area contributed by atoms with E-state index in [1.54, 1.807) is 26.0 Å². The highest BCUT2D eigenvalue weighted by Gasteiger charge is 2.32. The lowest BCUT2D eigenvalue weighted by Crippen LogP contribution is -2.57. The minimum Gasteiger partial charge on any atom is -0.459 e. The van der Waals surface area contributed by atoms with Crippen LogP contribution in [-0.4, -0.2) is 41.3 Å². The first-order valence-electron chi connectivity index (χ1n) is 10.4. The van der Waals surface area contributed by atoms with Gasteiger partial charge in [-0.1, -0.05) is 74.5 Å². The second-order valence-electron chi connectivity index (χ2n) is 7.75. The maximum atomic E-state index is 12.7. The number of aliphatic hydroxyl groups excluding tert-OH is 1. The number of carbonyl (C=O) groups is 3. The van der Waals surface area contributed by atoms with Gasteiger partial charge in [0.1, 0.15) is 25.3 Å². The largest absolute Gasteiger partial charge is 0.459 e. The lowest BCUT2D eigenvalue weighted by Gasteiger charge is -2.25. The number of rotatable bonds is 10. The van der Waals surface area contributed by atoms with Crippen molar-refractivity contribution < 1.29 is 29.0 Å². The Morgan fingerprint density at radius 3 is 1.75 bits per heavy atom. The van der Waals surface area contributed by atoms with Gasteiger partial charge in [-0.15, -0.1) is 0 Å². The molecular weight excluding hydrogens is 412 g/mol. The maximum Gasteiger partial charge on any atom is 0.408 e. The van der Waals surface area contributed by atoms with Gasteiger partial charge >= 0.3 is 12.1 Å². The van der Waals surface area contributed by atoms with Crippen molar-refractivity contribution in [3.63, 3.8) is 0 Å². The number of nitrogens with one attached hydrogen (secondary N) is 2. The van der Waals surface area contributed by atoms with Crippen molar-refractivity contribution >= 4 is 18.0 Å². The molecule has 3 atom stereocenters. The first kappa shape index (κ1) is 24.9. The molecule has 0 saturated carbocycles. The zero-order chi connectivity index (χ0) is 23.5. The molecule has 0 spiro atoms. The molecule has 0 aliphatic rings. The maximum absolute atomic E-state index is 12.7. The van der Waals surface area contributed by atoms with E-state index in [-0.39, 0.29) is 19.1 Å². The molecule has 2 aromatic rings. The molecular formula is C24H30N2O6. The van der Waals surface area contributed by atoms with Gasteiger partial charge in [-0.3, -0.25) is 4.79 Å². The Morgan fingerprint density at radius 2 is 1.28 bits per heavy atom. The molecule has 0 bridgehead atoms. The first-order valence-corrected chi connectivity index (χ1v) is 10.4. The molecule has 2 aromatic carbocycles. The summed E-state index contributed by atoms with van der Waals surface area (Å²) in [5.41, 5.74) is 1.60. The van der Waals surface area contributed by atoms with E-state index in [4.69, 9.17) is 9.47 Å². The quantitative estimate of drug-likeness (QED) is 0.487. The monoisotopic (exact) mass is 442 g/mol. The number of carbonyl (C=O) groups excluding carboxylic acids is 3. The number of hydrogen-bond acceptors (Lipinski definition) is 6. The Morgan fingerprint density at radius 1 is 0.781 bits per heavy atom. The van der Waals surface area contributed by atoms with E-state index in [2.05, 4.69) is 10.6 Å². The van der Waals surface area contributed by atoms with Crippen LogP contribution >= 0.6 is 0 Å². The molecule has 0 fully saturated rings. The fourth-order valence-corrected chi connectivity index (χ4v) is 2.86. The third-order valence-corrected chi connectivity index (χ3v) is 4.69. The second-order valence-corrected chi connectivity index (χ2v) is 7.75. The molecule has 172 valence electrons. The lowest BCUT2D eigenvalue weighted by molar-refractivity contribution is -0.151. The average molecular weight is 443 g/mol. The molecule has 0 heterocycles. The summed E-state index contributed by atoms with van der Waals surface area (Å²) in [7, 11) is 0. The second kappa shape index (κ2) is 12.5. The molecule has 3 N–H and O–H groups in total. The highest BCUT2D eigenvalue weighted by atomic mass is 16.5. The molecule has 32 heavy (non-hydrogen) atoms. The van der Waals surface area contributed by atoms with E-state index in [0.29, 0.717) is 0 Å². The third-order valence-electron chi connectivity index (χ3n) is 4.69. The summed E-state index contributed by atoms with van der Waals surface area (Å²) in [4.78, 5) is 37.4. The van der Waals surface area contributed by atoms with Gasteiger partial charge in [0.2, 0.25) is 5.91 Å². The zero-order valence-electron chi connectivity index (χ0n) is 18.5. The number of aliphatic hydroxyl groups is 1. The van der Waals surface area contributed by atoms with Gasteiger partial charge in [-0.25, -0.2) is 9.59 Å². The normalized spacial score (nSPS) is 13.5. The van der Waals surface area contributed by atoms with Crippen molar-refractivity contribution in [1.82, 2.24) is 10.6 Å². The minimum absolute atomic E-state index is 0.0151. The fraction of sp³-hybridized carbons (Fsp3) is 0.375. The molecule has 8 heteroatoms. The summed E-state index contributed by atoms with van der Waals surface area (Å²) < 4.78 is 10.4. The van der Waals surface area contributed by atoms with Crippen LogP contribution in [0.3, 0.4) is 0 Å². The molecule has 8 nitrogen and oxygen atoms in total. The average Bonchev–Trinajstić information content (AvgIpc) is 2.78. The highest BCUT2D eigenvalue weighted by molar-refractivity contribution is 5.90. The first-order chi connectivity index (χ1) is 15.3. The van der Waals surface area contributed by atoms with Crippen LogP contribution in [0, 0.1) is 5.92 Å². The van der Waals surface area contributed by atoms with E-state index in [0.717, 1.165) is 11.1 Å². The van der Waals surface area contributed by atoms with Crippen LogP contribution in [0.5, 0.6) is 0 Å². The molecule has 0 aromatic heterocycles. The summed E-state index contributed by atoms with van der Waals surface area (Å²) in [5, 5.41) is 14.9. The number of alkyl carbamates (subject to hydrolysis) is 1. The van der Waals surface area contributed by atoms with Gasteiger partial charge < -0.3 is 25.2 Å². The van der Waals surface area contributed by atoms with Crippen LogP contribution in [0.15, 0.2) is 60.7 Å². The van der Waals surface area contributed by atoms with Crippen molar-refractivity contribution in [1.29, 1.82) is 0 Å². The summed E-state index contributed by atoms with van der Waals surface area (Å²) >= 11 is 0. The Bertz CT molecular complexity index is 871. The molecule has 2 rings (SSSR count). The molecule has 0 aliphatic carbocycles. The summed E-state index contributed by atoms with van der Waals surface area (Å²) in [6, 6.07) is 16.0. The van der Waals surface area contributed by atoms with Gasteiger partial charge in [0.15, 0.2) is 0 Å². The number of esters is 1. The van der Waals surface area contributed by atoms with E-state index in [9.17, 15) is 19.5 Å².